The first-order chi connectivity index (χ1) is 10.5. The molecule has 0 radical (unpaired) electrons. The van der Waals surface area contributed by atoms with Crippen molar-refractivity contribution < 1.29 is 9.69 Å². The molecule has 2 rings (SSSR count). The maximum absolute atomic E-state index is 11.9. The molecule has 0 unspecified atom stereocenters. The molecular weight excluding hydrogens is 298 g/mol. The van der Waals surface area contributed by atoms with Crippen molar-refractivity contribution in [1.29, 1.82) is 0 Å². The third kappa shape index (κ3) is 5.50. The van der Waals surface area contributed by atoms with E-state index in [4.69, 9.17) is 11.6 Å². The lowest BCUT2D eigenvalue weighted by molar-refractivity contribution is -0.892. The second-order valence-corrected chi connectivity index (χ2v) is 6.86. The number of quaternary nitrogens is 1. The fourth-order valence-corrected chi connectivity index (χ4v) is 2.91. The van der Waals surface area contributed by atoms with Crippen molar-refractivity contribution in [3.05, 3.63) is 29.3 Å². The van der Waals surface area contributed by atoms with Crippen molar-refractivity contribution >= 4 is 23.2 Å². The highest BCUT2D eigenvalue weighted by atomic mass is 35.5. The second-order valence-electron chi connectivity index (χ2n) is 6.43. The number of amides is 1. The highest BCUT2D eigenvalue weighted by Crippen LogP contribution is 2.19. The fourth-order valence-electron chi connectivity index (χ4n) is 2.72. The molecule has 0 aromatic heterocycles. The van der Waals surface area contributed by atoms with Crippen molar-refractivity contribution in [2.45, 2.75) is 20.3 Å². The molecule has 1 amide bonds. The van der Waals surface area contributed by atoms with Gasteiger partial charge in [-0.05, 0) is 30.5 Å². The Kier molecular flexibility index (Phi) is 6.52. The first-order valence-electron chi connectivity index (χ1n) is 8.15. The Hall–Kier alpha value is -1.26. The number of carbonyl (C=O) groups is 1. The molecule has 0 aliphatic carbocycles. The summed E-state index contributed by atoms with van der Waals surface area (Å²) < 4.78 is 0. The van der Waals surface area contributed by atoms with Gasteiger partial charge >= 0.3 is 0 Å². The van der Waals surface area contributed by atoms with E-state index in [1.165, 1.54) is 10.6 Å². The van der Waals surface area contributed by atoms with Crippen molar-refractivity contribution in [1.82, 2.24) is 5.32 Å². The highest BCUT2D eigenvalue weighted by Gasteiger charge is 2.22. The van der Waals surface area contributed by atoms with Gasteiger partial charge in [-0.3, -0.25) is 4.79 Å². The molecule has 1 heterocycles. The highest BCUT2D eigenvalue weighted by molar-refractivity contribution is 6.30. The standard InChI is InChI=1S/C17H26ClN3O/c1-14(2)6-7-19-17(22)13-20-8-10-21(11-9-20)16-5-3-4-15(18)12-16/h3-5,12,14H,6-11,13H2,1-2H3,(H,19,22)/p+1. The van der Waals surface area contributed by atoms with Crippen molar-refractivity contribution in [2.75, 3.05) is 44.2 Å². The van der Waals surface area contributed by atoms with Crippen LogP contribution in [0.2, 0.25) is 5.02 Å². The lowest BCUT2D eigenvalue weighted by Crippen LogP contribution is -3.15. The van der Waals surface area contributed by atoms with Crippen LogP contribution >= 0.6 is 11.6 Å². The van der Waals surface area contributed by atoms with Gasteiger partial charge in [-0.15, -0.1) is 0 Å². The van der Waals surface area contributed by atoms with E-state index in [2.05, 4.69) is 30.1 Å². The van der Waals surface area contributed by atoms with Gasteiger partial charge in [0.2, 0.25) is 0 Å². The molecule has 1 aromatic rings. The largest absolute Gasteiger partial charge is 0.360 e. The van der Waals surface area contributed by atoms with Gasteiger partial charge in [0.05, 0.1) is 26.2 Å². The average molecular weight is 325 g/mol. The maximum atomic E-state index is 11.9. The summed E-state index contributed by atoms with van der Waals surface area (Å²) in [6.07, 6.45) is 1.05. The smallest absolute Gasteiger partial charge is 0.275 e. The molecule has 5 heteroatoms. The van der Waals surface area contributed by atoms with Gasteiger partial charge in [0, 0.05) is 17.3 Å². The number of piperazine rings is 1. The Morgan fingerprint density at radius 1 is 1.36 bits per heavy atom. The Morgan fingerprint density at radius 3 is 2.73 bits per heavy atom. The molecule has 22 heavy (non-hydrogen) atoms. The fraction of sp³-hybridized carbons (Fsp3) is 0.588. The molecular formula is C17H27ClN3O+. The van der Waals surface area contributed by atoms with Crippen LogP contribution in [-0.2, 0) is 4.79 Å². The number of carbonyl (C=O) groups excluding carboxylic acids is 1. The van der Waals surface area contributed by atoms with Gasteiger partial charge in [0.15, 0.2) is 6.54 Å². The van der Waals surface area contributed by atoms with Gasteiger partial charge in [-0.2, -0.15) is 0 Å². The summed E-state index contributed by atoms with van der Waals surface area (Å²) in [5, 5.41) is 3.80. The van der Waals surface area contributed by atoms with Crippen LogP contribution in [0, 0.1) is 5.92 Å². The van der Waals surface area contributed by atoms with Crippen molar-refractivity contribution in [3.8, 4) is 0 Å². The first-order valence-corrected chi connectivity index (χ1v) is 8.53. The van der Waals surface area contributed by atoms with Gasteiger partial charge in [0.25, 0.3) is 5.91 Å². The maximum Gasteiger partial charge on any atom is 0.275 e. The minimum Gasteiger partial charge on any atom is -0.360 e. The lowest BCUT2D eigenvalue weighted by atomic mass is 10.1. The lowest BCUT2D eigenvalue weighted by Gasteiger charge is -2.33. The average Bonchev–Trinajstić information content (AvgIpc) is 2.47. The molecule has 2 N–H and O–H groups in total. The molecule has 1 aliphatic rings. The van der Waals surface area contributed by atoms with Gasteiger partial charge in [-0.1, -0.05) is 31.5 Å². The first kappa shape index (κ1) is 17.1. The van der Waals surface area contributed by atoms with Crippen LogP contribution in [0.15, 0.2) is 24.3 Å². The van der Waals surface area contributed by atoms with E-state index in [9.17, 15) is 4.79 Å². The molecule has 0 spiro atoms. The van der Waals surface area contributed by atoms with E-state index in [0.29, 0.717) is 12.5 Å². The quantitative estimate of drug-likeness (QED) is 0.825. The van der Waals surface area contributed by atoms with Crippen LogP contribution in [0.25, 0.3) is 0 Å². The van der Waals surface area contributed by atoms with Gasteiger partial charge in [0.1, 0.15) is 0 Å². The van der Waals surface area contributed by atoms with Crippen LogP contribution in [-0.4, -0.2) is 45.2 Å². The number of halogens is 1. The molecule has 1 aliphatic heterocycles. The van der Waals surface area contributed by atoms with Gasteiger partial charge < -0.3 is 15.1 Å². The summed E-state index contributed by atoms with van der Waals surface area (Å²) in [6.45, 7) is 9.64. The Balaban J connectivity index is 1.72. The monoisotopic (exact) mass is 324 g/mol. The molecule has 4 nitrogen and oxygen atoms in total. The number of benzene rings is 1. The van der Waals surface area contributed by atoms with E-state index >= 15 is 0 Å². The summed E-state index contributed by atoms with van der Waals surface area (Å²) in [7, 11) is 0. The topological polar surface area (TPSA) is 36.8 Å². The molecule has 1 fully saturated rings. The van der Waals surface area contributed by atoms with Crippen molar-refractivity contribution in [3.63, 3.8) is 0 Å². The van der Waals surface area contributed by atoms with E-state index < -0.39 is 0 Å². The summed E-state index contributed by atoms with van der Waals surface area (Å²) in [5.74, 6) is 0.806. The summed E-state index contributed by atoms with van der Waals surface area (Å²) in [6, 6.07) is 7.98. The van der Waals surface area contributed by atoms with Crippen LogP contribution in [0.5, 0.6) is 0 Å². The van der Waals surface area contributed by atoms with Gasteiger partial charge in [-0.25, -0.2) is 0 Å². The zero-order chi connectivity index (χ0) is 15.9. The van der Waals surface area contributed by atoms with Crippen LogP contribution in [0.3, 0.4) is 0 Å². The molecule has 1 aromatic carbocycles. The van der Waals surface area contributed by atoms with E-state index in [0.717, 1.165) is 44.2 Å². The number of rotatable bonds is 6. The number of nitrogens with zero attached hydrogens (tertiary/aromatic N) is 1. The van der Waals surface area contributed by atoms with E-state index in [1.807, 2.05) is 18.2 Å². The second kappa shape index (κ2) is 8.39. The SMILES string of the molecule is CC(C)CCNC(=O)C[NH+]1CCN(c2cccc(Cl)c2)CC1. The predicted molar refractivity (Wildman–Crippen MR) is 91.7 cm³/mol. The number of anilines is 1. The minimum atomic E-state index is 0.173. The zero-order valence-corrected chi connectivity index (χ0v) is 14.3. The van der Waals surface area contributed by atoms with Crippen LogP contribution in [0.4, 0.5) is 5.69 Å². The molecule has 1 saturated heterocycles. The third-order valence-corrected chi connectivity index (χ3v) is 4.33. The summed E-state index contributed by atoms with van der Waals surface area (Å²) >= 11 is 6.05. The number of nitrogens with one attached hydrogen (secondary N) is 2. The Morgan fingerprint density at radius 2 is 2.09 bits per heavy atom. The number of hydrogen-bond acceptors (Lipinski definition) is 2. The normalized spacial score (nSPS) is 16.1. The number of hydrogen-bond donors (Lipinski definition) is 2. The van der Waals surface area contributed by atoms with Crippen LogP contribution < -0.4 is 15.1 Å². The van der Waals surface area contributed by atoms with Crippen molar-refractivity contribution in [2.24, 2.45) is 5.92 Å². The summed E-state index contributed by atoms with van der Waals surface area (Å²) in [5.41, 5.74) is 1.17. The molecule has 122 valence electrons. The third-order valence-electron chi connectivity index (χ3n) is 4.10. The molecule has 0 bridgehead atoms. The minimum absolute atomic E-state index is 0.173. The Labute approximate surface area is 138 Å². The molecule has 0 saturated carbocycles. The Bertz CT molecular complexity index is 485. The zero-order valence-electron chi connectivity index (χ0n) is 13.6. The summed E-state index contributed by atoms with van der Waals surface area (Å²) in [4.78, 5) is 15.6. The van der Waals surface area contributed by atoms with E-state index in [1.54, 1.807) is 0 Å². The molecule has 0 atom stereocenters. The predicted octanol–water partition coefficient (Wildman–Crippen LogP) is 1.21. The van der Waals surface area contributed by atoms with E-state index in [-0.39, 0.29) is 5.91 Å². The van der Waals surface area contributed by atoms with Crippen LogP contribution in [0.1, 0.15) is 20.3 Å².